The van der Waals surface area contributed by atoms with Crippen LogP contribution in [0.4, 0.5) is 0 Å². The molecule has 3 unspecified atom stereocenters. The minimum absolute atomic E-state index is 0.394. The summed E-state index contributed by atoms with van der Waals surface area (Å²) in [5.74, 6) is 3.55. The van der Waals surface area contributed by atoms with E-state index in [1.54, 1.807) is 0 Å². The first-order chi connectivity index (χ1) is 6.83. The van der Waals surface area contributed by atoms with Gasteiger partial charge in [0.15, 0.2) is 0 Å². The van der Waals surface area contributed by atoms with Crippen LogP contribution in [0.2, 0.25) is 0 Å². The highest BCUT2D eigenvalue weighted by molar-refractivity contribution is 5.95. The summed E-state index contributed by atoms with van der Waals surface area (Å²) in [6.07, 6.45) is 8.22. The molecule has 4 rings (SSSR count). The molecule has 0 amide bonds. The van der Waals surface area contributed by atoms with Crippen LogP contribution in [0.1, 0.15) is 38.5 Å². The lowest BCUT2D eigenvalue weighted by Gasteiger charge is -2.35. The maximum atomic E-state index is 9.20. The number of hydrogen-bond donors (Lipinski definition) is 1. The van der Waals surface area contributed by atoms with Gasteiger partial charge in [-0.05, 0) is 56.3 Å². The Labute approximate surface area is 84.4 Å². The zero-order chi connectivity index (χ0) is 9.34. The van der Waals surface area contributed by atoms with Crippen molar-refractivity contribution >= 4 is 5.71 Å². The summed E-state index contributed by atoms with van der Waals surface area (Å²) in [7, 11) is 0. The molecular weight excluding hydrogens is 174 g/mol. The normalized spacial score (nSPS) is 61.3. The summed E-state index contributed by atoms with van der Waals surface area (Å²) in [5.41, 5.74) is 1.60. The molecule has 4 fully saturated rings. The first-order valence-electron chi connectivity index (χ1n) is 6.06. The molecular formula is C12H17NO. The van der Waals surface area contributed by atoms with Crippen molar-refractivity contribution in [1.82, 2.24) is 0 Å². The maximum absolute atomic E-state index is 9.20. The van der Waals surface area contributed by atoms with Crippen LogP contribution >= 0.6 is 0 Å². The summed E-state index contributed by atoms with van der Waals surface area (Å²) in [4.78, 5) is 0. The van der Waals surface area contributed by atoms with E-state index in [0.717, 1.165) is 17.8 Å². The van der Waals surface area contributed by atoms with Crippen molar-refractivity contribution in [2.45, 2.75) is 38.5 Å². The molecule has 14 heavy (non-hydrogen) atoms. The van der Waals surface area contributed by atoms with E-state index < -0.39 is 0 Å². The van der Waals surface area contributed by atoms with Gasteiger partial charge in [0.2, 0.25) is 0 Å². The molecule has 0 radical (unpaired) electrons. The fourth-order valence-electron chi connectivity index (χ4n) is 4.90. The van der Waals surface area contributed by atoms with Gasteiger partial charge in [0.1, 0.15) is 0 Å². The zero-order valence-corrected chi connectivity index (χ0v) is 8.45. The van der Waals surface area contributed by atoms with Gasteiger partial charge >= 0.3 is 0 Å². The molecule has 2 bridgehead atoms. The highest BCUT2D eigenvalue weighted by atomic mass is 16.4. The van der Waals surface area contributed by atoms with Gasteiger partial charge in [-0.15, -0.1) is 0 Å². The molecule has 0 heterocycles. The summed E-state index contributed by atoms with van der Waals surface area (Å²) < 4.78 is 0. The highest BCUT2D eigenvalue weighted by Gasteiger charge is 2.64. The Morgan fingerprint density at radius 1 is 1.14 bits per heavy atom. The second-order valence-corrected chi connectivity index (χ2v) is 6.01. The van der Waals surface area contributed by atoms with Crippen LogP contribution in [0.15, 0.2) is 5.16 Å². The topological polar surface area (TPSA) is 32.6 Å². The van der Waals surface area contributed by atoms with Crippen molar-refractivity contribution in [2.75, 3.05) is 0 Å². The van der Waals surface area contributed by atoms with Crippen molar-refractivity contribution in [1.29, 1.82) is 0 Å². The third-order valence-corrected chi connectivity index (χ3v) is 5.54. The van der Waals surface area contributed by atoms with Gasteiger partial charge in [-0.2, -0.15) is 0 Å². The van der Waals surface area contributed by atoms with Gasteiger partial charge in [-0.1, -0.05) is 5.16 Å². The SMILES string of the molecule is O/N=C1/[C@@H]2CCC(C2)C12CC1CC1C2. The first kappa shape index (κ1) is 7.72. The average molecular weight is 191 g/mol. The lowest BCUT2D eigenvalue weighted by atomic mass is 9.68. The Balaban J connectivity index is 1.77. The smallest absolute Gasteiger partial charge is 0.0666 e. The van der Waals surface area contributed by atoms with Gasteiger partial charge in [0, 0.05) is 11.3 Å². The van der Waals surface area contributed by atoms with Crippen molar-refractivity contribution in [3.63, 3.8) is 0 Å². The van der Waals surface area contributed by atoms with Crippen molar-refractivity contribution in [3.05, 3.63) is 0 Å². The molecule has 0 aromatic rings. The van der Waals surface area contributed by atoms with E-state index >= 15 is 0 Å². The van der Waals surface area contributed by atoms with Crippen LogP contribution in [0.3, 0.4) is 0 Å². The lowest BCUT2D eigenvalue weighted by molar-refractivity contribution is 0.238. The number of fused-ring (bicyclic) bond motifs is 4. The van der Waals surface area contributed by atoms with Crippen LogP contribution in [0.25, 0.3) is 0 Å². The van der Waals surface area contributed by atoms with Crippen molar-refractivity contribution in [2.24, 2.45) is 34.2 Å². The molecule has 1 N–H and O–H groups in total. The fourth-order valence-corrected chi connectivity index (χ4v) is 4.90. The Kier molecular flexibility index (Phi) is 1.20. The molecule has 76 valence electrons. The number of hydrogen-bond acceptors (Lipinski definition) is 2. The van der Waals surface area contributed by atoms with Crippen LogP contribution in [0, 0.1) is 29.1 Å². The zero-order valence-electron chi connectivity index (χ0n) is 8.45. The third-order valence-electron chi connectivity index (χ3n) is 5.54. The largest absolute Gasteiger partial charge is 0.411 e. The molecule has 4 aliphatic rings. The fraction of sp³-hybridized carbons (Fsp3) is 0.917. The van der Waals surface area contributed by atoms with Gasteiger partial charge in [-0.25, -0.2) is 0 Å². The van der Waals surface area contributed by atoms with Gasteiger partial charge in [-0.3, -0.25) is 0 Å². The van der Waals surface area contributed by atoms with Crippen molar-refractivity contribution < 1.29 is 5.21 Å². The molecule has 1 spiro atoms. The average Bonchev–Trinajstić information content (AvgIpc) is 2.65. The standard InChI is InChI=1S/C12H17NO/c14-13-11-7-1-2-10(4-7)12(11)5-8-3-9(8)6-12/h7-10,14H,1-6H2/b13-11-/t7-,8?,9?,10?,12?/m1/s1. The van der Waals surface area contributed by atoms with Gasteiger partial charge < -0.3 is 5.21 Å². The monoisotopic (exact) mass is 191 g/mol. The second-order valence-electron chi connectivity index (χ2n) is 6.01. The molecule has 0 aromatic carbocycles. The van der Waals surface area contributed by atoms with E-state index in [4.69, 9.17) is 0 Å². The lowest BCUT2D eigenvalue weighted by Crippen LogP contribution is -2.35. The molecule has 2 heteroatoms. The molecule has 4 saturated carbocycles. The van der Waals surface area contributed by atoms with E-state index in [2.05, 4.69) is 5.16 Å². The van der Waals surface area contributed by atoms with Crippen LogP contribution < -0.4 is 0 Å². The predicted molar refractivity (Wildman–Crippen MR) is 53.3 cm³/mol. The molecule has 4 aliphatic carbocycles. The summed E-state index contributed by atoms with van der Waals surface area (Å²) in [6.45, 7) is 0. The molecule has 2 nitrogen and oxygen atoms in total. The van der Waals surface area contributed by atoms with Crippen LogP contribution in [0.5, 0.6) is 0 Å². The molecule has 0 aromatic heterocycles. The van der Waals surface area contributed by atoms with E-state index in [-0.39, 0.29) is 0 Å². The first-order valence-corrected chi connectivity index (χ1v) is 6.06. The van der Waals surface area contributed by atoms with Crippen LogP contribution in [-0.2, 0) is 0 Å². The summed E-state index contributed by atoms with van der Waals surface area (Å²) in [6, 6.07) is 0. The second kappa shape index (κ2) is 2.17. The molecule has 0 saturated heterocycles. The minimum atomic E-state index is 0.394. The highest BCUT2D eigenvalue weighted by Crippen LogP contribution is 2.69. The van der Waals surface area contributed by atoms with Crippen LogP contribution in [-0.4, -0.2) is 10.9 Å². The quantitative estimate of drug-likeness (QED) is 0.463. The maximum Gasteiger partial charge on any atom is 0.0666 e. The third kappa shape index (κ3) is 0.697. The Morgan fingerprint density at radius 3 is 2.64 bits per heavy atom. The van der Waals surface area contributed by atoms with E-state index in [1.165, 1.54) is 44.2 Å². The Bertz CT molecular complexity index is 312. The number of rotatable bonds is 0. The summed E-state index contributed by atoms with van der Waals surface area (Å²) >= 11 is 0. The van der Waals surface area contributed by atoms with Gasteiger partial charge in [0.25, 0.3) is 0 Å². The van der Waals surface area contributed by atoms with Gasteiger partial charge in [0.05, 0.1) is 5.71 Å². The van der Waals surface area contributed by atoms with Crippen molar-refractivity contribution in [3.8, 4) is 0 Å². The predicted octanol–water partition coefficient (Wildman–Crippen LogP) is 2.66. The number of oxime groups is 1. The number of nitrogens with zero attached hydrogens (tertiary/aromatic N) is 1. The summed E-state index contributed by atoms with van der Waals surface area (Å²) in [5, 5.41) is 12.9. The van der Waals surface area contributed by atoms with E-state index in [0.29, 0.717) is 11.3 Å². The minimum Gasteiger partial charge on any atom is -0.411 e. The van der Waals surface area contributed by atoms with E-state index in [9.17, 15) is 5.21 Å². The molecule has 4 atom stereocenters. The molecule has 0 aliphatic heterocycles. The Morgan fingerprint density at radius 2 is 1.93 bits per heavy atom. The van der Waals surface area contributed by atoms with E-state index in [1.807, 2.05) is 0 Å². The Hall–Kier alpha value is -0.530.